The van der Waals surface area contributed by atoms with Crippen LogP contribution in [-0.4, -0.2) is 28.0 Å². The predicted octanol–water partition coefficient (Wildman–Crippen LogP) is 1.25. The SMILES string of the molecule is c1ncnc(N2CCCCCC2)n1. The minimum absolute atomic E-state index is 0.830. The van der Waals surface area contributed by atoms with E-state index < -0.39 is 0 Å². The summed E-state index contributed by atoms with van der Waals surface area (Å²) in [4.78, 5) is 14.4. The van der Waals surface area contributed by atoms with Gasteiger partial charge in [0.15, 0.2) is 0 Å². The summed E-state index contributed by atoms with van der Waals surface area (Å²) in [5, 5.41) is 0. The molecule has 0 aliphatic carbocycles. The molecular formula is C9H14N4. The fourth-order valence-corrected chi connectivity index (χ4v) is 1.67. The van der Waals surface area contributed by atoms with Crippen LogP contribution in [-0.2, 0) is 0 Å². The van der Waals surface area contributed by atoms with Crippen LogP contribution in [0.2, 0.25) is 0 Å². The molecule has 1 aromatic rings. The highest BCUT2D eigenvalue weighted by atomic mass is 15.3. The first-order valence-corrected chi connectivity index (χ1v) is 4.84. The van der Waals surface area contributed by atoms with Crippen molar-refractivity contribution in [2.24, 2.45) is 0 Å². The molecule has 0 amide bonds. The quantitative estimate of drug-likeness (QED) is 0.649. The molecule has 1 aromatic heterocycles. The summed E-state index contributed by atoms with van der Waals surface area (Å²) in [5.41, 5.74) is 0. The third-order valence-corrected chi connectivity index (χ3v) is 2.37. The number of hydrogen-bond donors (Lipinski definition) is 0. The lowest BCUT2D eigenvalue weighted by atomic mass is 10.2. The highest BCUT2D eigenvalue weighted by molar-refractivity contribution is 5.27. The fourth-order valence-electron chi connectivity index (χ4n) is 1.67. The van der Waals surface area contributed by atoms with Gasteiger partial charge in [-0.15, -0.1) is 0 Å². The number of rotatable bonds is 1. The molecular weight excluding hydrogens is 164 g/mol. The van der Waals surface area contributed by atoms with Gasteiger partial charge in [-0.2, -0.15) is 0 Å². The van der Waals surface area contributed by atoms with Crippen LogP contribution < -0.4 is 4.90 Å². The van der Waals surface area contributed by atoms with Gasteiger partial charge < -0.3 is 4.90 Å². The molecule has 1 aliphatic rings. The van der Waals surface area contributed by atoms with E-state index >= 15 is 0 Å². The highest BCUT2D eigenvalue weighted by Crippen LogP contribution is 2.13. The van der Waals surface area contributed by atoms with Crippen molar-refractivity contribution in [3.63, 3.8) is 0 Å². The zero-order valence-electron chi connectivity index (χ0n) is 7.69. The molecule has 70 valence electrons. The standard InChI is InChI=1S/C9H14N4/c1-2-4-6-13(5-3-1)9-11-7-10-8-12-9/h7-8H,1-6H2. The third-order valence-electron chi connectivity index (χ3n) is 2.37. The molecule has 13 heavy (non-hydrogen) atoms. The Morgan fingerprint density at radius 1 is 0.923 bits per heavy atom. The van der Waals surface area contributed by atoms with Gasteiger partial charge in [-0.1, -0.05) is 12.8 Å². The Labute approximate surface area is 78.0 Å². The zero-order chi connectivity index (χ0) is 8.93. The van der Waals surface area contributed by atoms with E-state index in [1.165, 1.54) is 25.7 Å². The van der Waals surface area contributed by atoms with Crippen LogP contribution in [0.1, 0.15) is 25.7 Å². The molecule has 0 spiro atoms. The van der Waals surface area contributed by atoms with Gasteiger partial charge in [-0.25, -0.2) is 15.0 Å². The molecule has 2 heterocycles. The summed E-state index contributed by atoms with van der Waals surface area (Å²) in [6, 6.07) is 0. The fraction of sp³-hybridized carbons (Fsp3) is 0.667. The summed E-state index contributed by atoms with van der Waals surface area (Å²) < 4.78 is 0. The van der Waals surface area contributed by atoms with Gasteiger partial charge in [0.05, 0.1) is 0 Å². The van der Waals surface area contributed by atoms with Gasteiger partial charge in [0.1, 0.15) is 12.7 Å². The molecule has 4 nitrogen and oxygen atoms in total. The number of nitrogens with zero attached hydrogens (tertiary/aromatic N) is 4. The maximum atomic E-state index is 4.15. The van der Waals surface area contributed by atoms with E-state index in [9.17, 15) is 0 Å². The number of anilines is 1. The van der Waals surface area contributed by atoms with Crippen molar-refractivity contribution < 1.29 is 0 Å². The molecule has 0 unspecified atom stereocenters. The summed E-state index contributed by atoms with van der Waals surface area (Å²) in [5.74, 6) is 0.830. The first-order valence-electron chi connectivity index (χ1n) is 4.84. The highest BCUT2D eigenvalue weighted by Gasteiger charge is 2.10. The van der Waals surface area contributed by atoms with Crippen molar-refractivity contribution in [3.05, 3.63) is 12.7 Å². The molecule has 1 aliphatic heterocycles. The summed E-state index contributed by atoms with van der Waals surface area (Å²) in [7, 11) is 0. The van der Waals surface area contributed by atoms with Crippen LogP contribution in [0.4, 0.5) is 5.95 Å². The maximum absolute atomic E-state index is 4.15. The van der Waals surface area contributed by atoms with E-state index in [1.807, 2.05) is 0 Å². The first kappa shape index (κ1) is 8.41. The lowest BCUT2D eigenvalue weighted by Gasteiger charge is -2.18. The topological polar surface area (TPSA) is 41.9 Å². The largest absolute Gasteiger partial charge is 0.341 e. The summed E-state index contributed by atoms with van der Waals surface area (Å²) in [6.45, 7) is 2.17. The Morgan fingerprint density at radius 3 is 2.15 bits per heavy atom. The second-order valence-electron chi connectivity index (χ2n) is 3.34. The van der Waals surface area contributed by atoms with E-state index in [2.05, 4.69) is 19.9 Å². The van der Waals surface area contributed by atoms with E-state index in [-0.39, 0.29) is 0 Å². The second kappa shape index (κ2) is 4.16. The second-order valence-corrected chi connectivity index (χ2v) is 3.34. The molecule has 0 bridgehead atoms. The lowest BCUT2D eigenvalue weighted by molar-refractivity contribution is 0.726. The van der Waals surface area contributed by atoms with Crippen LogP contribution in [0.15, 0.2) is 12.7 Å². The Bertz CT molecular complexity index is 241. The zero-order valence-corrected chi connectivity index (χ0v) is 7.69. The molecule has 1 fully saturated rings. The average Bonchev–Trinajstić information content (AvgIpc) is 2.47. The average molecular weight is 178 g/mol. The van der Waals surface area contributed by atoms with E-state index in [1.54, 1.807) is 12.7 Å². The molecule has 4 heteroatoms. The summed E-state index contributed by atoms with van der Waals surface area (Å²) >= 11 is 0. The van der Waals surface area contributed by atoms with Crippen molar-refractivity contribution >= 4 is 5.95 Å². The molecule has 0 N–H and O–H groups in total. The van der Waals surface area contributed by atoms with Crippen LogP contribution in [0.25, 0.3) is 0 Å². The van der Waals surface area contributed by atoms with E-state index in [0.29, 0.717) is 0 Å². The normalized spacial score (nSPS) is 18.3. The van der Waals surface area contributed by atoms with Gasteiger partial charge in [0.25, 0.3) is 0 Å². The molecule has 0 saturated carbocycles. The smallest absolute Gasteiger partial charge is 0.228 e. The number of aromatic nitrogens is 3. The van der Waals surface area contributed by atoms with Gasteiger partial charge in [0.2, 0.25) is 5.95 Å². The molecule has 1 saturated heterocycles. The van der Waals surface area contributed by atoms with Gasteiger partial charge >= 0.3 is 0 Å². The monoisotopic (exact) mass is 178 g/mol. The van der Waals surface area contributed by atoms with Gasteiger partial charge in [-0.05, 0) is 12.8 Å². The summed E-state index contributed by atoms with van der Waals surface area (Å²) in [6.07, 6.45) is 8.31. The van der Waals surface area contributed by atoms with Gasteiger partial charge in [-0.3, -0.25) is 0 Å². The van der Waals surface area contributed by atoms with Crippen molar-refractivity contribution in [1.82, 2.24) is 15.0 Å². The first-order chi connectivity index (χ1) is 6.47. The van der Waals surface area contributed by atoms with Crippen LogP contribution in [0.5, 0.6) is 0 Å². The van der Waals surface area contributed by atoms with Crippen molar-refractivity contribution in [2.45, 2.75) is 25.7 Å². The molecule has 0 aromatic carbocycles. The Morgan fingerprint density at radius 2 is 1.54 bits per heavy atom. The minimum Gasteiger partial charge on any atom is -0.341 e. The van der Waals surface area contributed by atoms with E-state index in [0.717, 1.165) is 19.0 Å². The third kappa shape index (κ3) is 2.14. The Balaban J connectivity index is 2.06. The van der Waals surface area contributed by atoms with Crippen LogP contribution in [0, 0.1) is 0 Å². The minimum atomic E-state index is 0.830. The van der Waals surface area contributed by atoms with Gasteiger partial charge in [0, 0.05) is 13.1 Å². The maximum Gasteiger partial charge on any atom is 0.228 e. The van der Waals surface area contributed by atoms with Crippen LogP contribution >= 0.6 is 0 Å². The van der Waals surface area contributed by atoms with E-state index in [4.69, 9.17) is 0 Å². The number of hydrogen-bond acceptors (Lipinski definition) is 4. The molecule has 2 rings (SSSR count). The predicted molar refractivity (Wildman–Crippen MR) is 50.5 cm³/mol. The van der Waals surface area contributed by atoms with Crippen molar-refractivity contribution in [2.75, 3.05) is 18.0 Å². The molecule has 0 atom stereocenters. The van der Waals surface area contributed by atoms with Crippen molar-refractivity contribution in [1.29, 1.82) is 0 Å². The lowest BCUT2D eigenvalue weighted by Crippen LogP contribution is -2.25. The Hall–Kier alpha value is -1.19. The van der Waals surface area contributed by atoms with Crippen LogP contribution in [0.3, 0.4) is 0 Å². The van der Waals surface area contributed by atoms with Crippen molar-refractivity contribution in [3.8, 4) is 0 Å². The molecule has 0 radical (unpaired) electrons. The Kier molecular flexibility index (Phi) is 2.69.